The lowest BCUT2D eigenvalue weighted by molar-refractivity contribution is 0.0594. The number of esters is 1. The van der Waals surface area contributed by atoms with Crippen LogP contribution in [-0.4, -0.2) is 49.6 Å². The Morgan fingerprint density at radius 1 is 1.04 bits per heavy atom. The fourth-order valence-electron chi connectivity index (χ4n) is 5.22. The minimum Gasteiger partial charge on any atom is -0.493 e. The molecule has 2 aromatic carbocycles. The van der Waals surface area contributed by atoms with Gasteiger partial charge < -0.3 is 30.6 Å². The van der Waals surface area contributed by atoms with Crippen LogP contribution >= 0.6 is 11.3 Å². The van der Waals surface area contributed by atoms with Gasteiger partial charge in [0.2, 0.25) is 0 Å². The van der Waals surface area contributed by atoms with E-state index in [0.29, 0.717) is 67.0 Å². The number of benzene rings is 2. The first-order valence-electron chi connectivity index (χ1n) is 15.8. The Hall–Kier alpha value is -4.74. The Balaban J connectivity index is 1.64. The number of methoxy groups -OCH3 is 1. The lowest BCUT2D eigenvalue weighted by atomic mass is 9.93. The van der Waals surface area contributed by atoms with Gasteiger partial charge in [-0.3, -0.25) is 9.59 Å². The standard InChI is InChI=1S/C36H40N4O6S/c1-5-13-38-35(42)29-9-7-24(32(39-29)36(43)44-4)25-19-30-27(33-23(11-15-45-30)12-16-47-33)18-26(25)34(41)40-28-8-6-22(20-37)17-31(28)46-14-10-21(2)3/h6-9,12,16-19,21H,5,10-11,13-15,20,37H2,1-4H3,(H,38,42)(H,40,41). The number of nitrogens with one attached hydrogen (secondary N) is 2. The molecule has 0 bridgehead atoms. The van der Waals surface area contributed by atoms with E-state index < -0.39 is 17.8 Å². The number of anilines is 1. The molecule has 0 aliphatic carbocycles. The number of fused-ring (bicyclic) bond motifs is 3. The topological polar surface area (TPSA) is 142 Å². The van der Waals surface area contributed by atoms with Crippen molar-refractivity contribution in [2.24, 2.45) is 11.7 Å². The third-order valence-electron chi connectivity index (χ3n) is 7.80. The summed E-state index contributed by atoms with van der Waals surface area (Å²) in [7, 11) is 1.25. The molecule has 1 aliphatic rings. The highest BCUT2D eigenvalue weighted by atomic mass is 32.1. The summed E-state index contributed by atoms with van der Waals surface area (Å²) in [6.45, 7) is 7.88. The zero-order valence-corrected chi connectivity index (χ0v) is 27.9. The first-order valence-corrected chi connectivity index (χ1v) is 16.6. The monoisotopic (exact) mass is 656 g/mol. The molecular weight excluding hydrogens is 616 g/mol. The van der Waals surface area contributed by atoms with Crippen LogP contribution in [0.15, 0.2) is 53.9 Å². The van der Waals surface area contributed by atoms with E-state index in [1.165, 1.54) is 13.2 Å². The van der Waals surface area contributed by atoms with Crippen molar-refractivity contribution in [3.8, 4) is 33.1 Å². The number of ether oxygens (including phenoxy) is 3. The Labute approximate surface area is 278 Å². The summed E-state index contributed by atoms with van der Waals surface area (Å²) < 4.78 is 17.4. The molecule has 1 aliphatic heterocycles. The van der Waals surface area contributed by atoms with E-state index in [0.717, 1.165) is 34.4 Å². The van der Waals surface area contributed by atoms with Gasteiger partial charge in [0.05, 0.1) is 26.0 Å². The van der Waals surface area contributed by atoms with Crippen LogP contribution in [0.3, 0.4) is 0 Å². The fraction of sp³-hybridized carbons (Fsp3) is 0.333. The van der Waals surface area contributed by atoms with Gasteiger partial charge in [0.15, 0.2) is 5.69 Å². The summed E-state index contributed by atoms with van der Waals surface area (Å²) in [6, 6.07) is 14.2. The van der Waals surface area contributed by atoms with Crippen molar-refractivity contribution in [1.82, 2.24) is 10.3 Å². The van der Waals surface area contributed by atoms with Gasteiger partial charge in [0.1, 0.15) is 17.2 Å². The summed E-state index contributed by atoms with van der Waals surface area (Å²) in [5, 5.41) is 7.84. The number of rotatable bonds is 12. The quantitative estimate of drug-likeness (QED) is 0.147. The van der Waals surface area contributed by atoms with Gasteiger partial charge in [-0.1, -0.05) is 26.8 Å². The minimum atomic E-state index is -0.744. The van der Waals surface area contributed by atoms with Crippen LogP contribution in [-0.2, 0) is 17.7 Å². The number of pyridine rings is 1. The van der Waals surface area contributed by atoms with E-state index in [1.807, 2.05) is 24.4 Å². The van der Waals surface area contributed by atoms with Crippen molar-refractivity contribution >= 4 is 34.8 Å². The van der Waals surface area contributed by atoms with E-state index in [4.69, 9.17) is 19.9 Å². The molecular formula is C36H40N4O6S. The Morgan fingerprint density at radius 2 is 1.87 bits per heavy atom. The minimum absolute atomic E-state index is 0.0611. The molecule has 246 valence electrons. The van der Waals surface area contributed by atoms with E-state index in [1.54, 1.807) is 35.6 Å². The number of aromatic nitrogens is 1. The number of hydrogen-bond acceptors (Lipinski definition) is 9. The molecule has 10 nitrogen and oxygen atoms in total. The van der Waals surface area contributed by atoms with Crippen molar-refractivity contribution in [2.75, 3.05) is 32.2 Å². The smallest absolute Gasteiger partial charge is 0.357 e. The van der Waals surface area contributed by atoms with E-state index in [2.05, 4.69) is 35.5 Å². The predicted octanol–water partition coefficient (Wildman–Crippen LogP) is 6.47. The van der Waals surface area contributed by atoms with Crippen molar-refractivity contribution < 1.29 is 28.6 Å². The van der Waals surface area contributed by atoms with E-state index in [-0.39, 0.29) is 17.0 Å². The van der Waals surface area contributed by atoms with Crippen LogP contribution < -0.4 is 25.8 Å². The number of thiophene rings is 1. The molecule has 0 spiro atoms. The molecule has 4 N–H and O–H groups in total. The van der Waals surface area contributed by atoms with Gasteiger partial charge in [-0.05, 0) is 77.7 Å². The van der Waals surface area contributed by atoms with Crippen LogP contribution in [0.25, 0.3) is 21.6 Å². The first kappa shape index (κ1) is 33.6. The number of nitrogens with two attached hydrogens (primary N) is 1. The molecule has 0 saturated carbocycles. The second kappa shape index (κ2) is 15.2. The fourth-order valence-corrected chi connectivity index (χ4v) is 6.20. The maximum absolute atomic E-state index is 14.3. The molecule has 4 aromatic rings. The first-order chi connectivity index (χ1) is 22.7. The van der Waals surface area contributed by atoms with E-state index in [9.17, 15) is 14.4 Å². The zero-order chi connectivity index (χ0) is 33.5. The molecule has 2 amide bonds. The third-order valence-corrected chi connectivity index (χ3v) is 8.79. The summed E-state index contributed by atoms with van der Waals surface area (Å²) in [5.41, 5.74) is 10.1. The second-order valence-corrected chi connectivity index (χ2v) is 12.5. The summed E-state index contributed by atoms with van der Waals surface area (Å²) >= 11 is 1.57. The van der Waals surface area contributed by atoms with Crippen molar-refractivity contribution in [3.05, 3.63) is 82.0 Å². The van der Waals surface area contributed by atoms with Gasteiger partial charge in [0, 0.05) is 46.6 Å². The largest absolute Gasteiger partial charge is 0.493 e. The Morgan fingerprint density at radius 3 is 2.62 bits per heavy atom. The number of nitrogens with zero attached hydrogens (tertiary/aromatic N) is 1. The van der Waals surface area contributed by atoms with E-state index >= 15 is 0 Å². The van der Waals surface area contributed by atoms with Gasteiger partial charge >= 0.3 is 5.97 Å². The third kappa shape index (κ3) is 7.64. The zero-order valence-electron chi connectivity index (χ0n) is 27.1. The van der Waals surface area contributed by atoms with Gasteiger partial charge in [-0.2, -0.15) is 0 Å². The number of carbonyl (C=O) groups is 3. The lowest BCUT2D eigenvalue weighted by Crippen LogP contribution is -2.26. The molecule has 0 fully saturated rings. The van der Waals surface area contributed by atoms with Gasteiger partial charge in [-0.15, -0.1) is 11.3 Å². The number of amides is 2. The molecule has 2 aromatic heterocycles. The molecule has 5 rings (SSSR count). The second-order valence-electron chi connectivity index (χ2n) is 11.6. The highest BCUT2D eigenvalue weighted by molar-refractivity contribution is 7.13. The molecule has 0 radical (unpaired) electrons. The van der Waals surface area contributed by atoms with Crippen LogP contribution in [0.1, 0.15) is 76.1 Å². The molecule has 0 saturated heterocycles. The average molecular weight is 657 g/mol. The van der Waals surface area contributed by atoms with Gasteiger partial charge in [0.25, 0.3) is 11.8 Å². The number of carbonyl (C=O) groups excluding carboxylic acids is 3. The highest BCUT2D eigenvalue weighted by Crippen LogP contribution is 2.43. The van der Waals surface area contributed by atoms with Crippen LogP contribution in [0.5, 0.6) is 11.5 Å². The Kier molecular flexibility index (Phi) is 10.9. The lowest BCUT2D eigenvalue weighted by Gasteiger charge is -2.19. The summed E-state index contributed by atoms with van der Waals surface area (Å²) in [4.78, 5) is 45.6. The average Bonchev–Trinajstić information content (AvgIpc) is 3.48. The van der Waals surface area contributed by atoms with Crippen molar-refractivity contribution in [2.45, 2.75) is 46.6 Å². The Bertz CT molecular complexity index is 1780. The van der Waals surface area contributed by atoms with Crippen LogP contribution in [0, 0.1) is 5.92 Å². The molecule has 3 heterocycles. The highest BCUT2D eigenvalue weighted by Gasteiger charge is 2.27. The molecule has 11 heteroatoms. The summed E-state index contributed by atoms with van der Waals surface area (Å²) in [5.74, 6) is -0.0576. The maximum Gasteiger partial charge on any atom is 0.357 e. The van der Waals surface area contributed by atoms with Crippen molar-refractivity contribution in [1.29, 1.82) is 0 Å². The summed E-state index contributed by atoms with van der Waals surface area (Å²) in [6.07, 6.45) is 2.30. The molecule has 0 unspecified atom stereocenters. The van der Waals surface area contributed by atoms with Crippen molar-refractivity contribution in [3.63, 3.8) is 0 Å². The maximum atomic E-state index is 14.3. The normalized spacial score (nSPS) is 12.0. The SMILES string of the molecule is CCCNC(=O)c1ccc(-c2cc3c(cc2C(=O)Nc2ccc(CN)cc2OCCC(C)C)-c2sccc2CCO3)c(C(=O)OC)n1. The molecule has 47 heavy (non-hydrogen) atoms. The van der Waals surface area contributed by atoms with Crippen LogP contribution in [0.2, 0.25) is 0 Å². The van der Waals surface area contributed by atoms with Gasteiger partial charge in [-0.25, -0.2) is 9.78 Å². The van der Waals surface area contributed by atoms with Crippen LogP contribution in [0.4, 0.5) is 5.69 Å². The molecule has 0 atom stereocenters. The number of hydrogen-bond donors (Lipinski definition) is 3. The predicted molar refractivity (Wildman–Crippen MR) is 183 cm³/mol.